The van der Waals surface area contributed by atoms with Crippen LogP contribution in [0.2, 0.25) is 0 Å². The summed E-state index contributed by atoms with van der Waals surface area (Å²) in [5.74, 6) is 0.0395. The Morgan fingerprint density at radius 3 is 2.80 bits per heavy atom. The second kappa shape index (κ2) is 5.71. The standard InChI is InChI=1S/C15H17N3OS/c1-10-14(15(19)18-12-3-4-12)20-13(17-10)5-2-11-6-8-16-9-7-11/h6-9,12H,2-5H2,1H3,(H,18,19). The maximum Gasteiger partial charge on any atom is 0.263 e. The van der Waals surface area contributed by atoms with Crippen LogP contribution in [0.5, 0.6) is 0 Å². The van der Waals surface area contributed by atoms with Crippen molar-refractivity contribution in [1.82, 2.24) is 15.3 Å². The topological polar surface area (TPSA) is 54.9 Å². The first-order valence-corrected chi connectivity index (χ1v) is 7.70. The maximum atomic E-state index is 12.1. The molecule has 1 fully saturated rings. The minimum absolute atomic E-state index is 0.0395. The molecule has 1 aliphatic rings. The minimum atomic E-state index is 0.0395. The van der Waals surface area contributed by atoms with Crippen LogP contribution in [-0.4, -0.2) is 21.9 Å². The number of aryl methyl sites for hydroxylation is 3. The molecule has 0 aliphatic heterocycles. The molecule has 0 saturated heterocycles. The number of carbonyl (C=O) groups is 1. The largest absolute Gasteiger partial charge is 0.349 e. The summed E-state index contributed by atoms with van der Waals surface area (Å²) in [5, 5.41) is 4.05. The van der Waals surface area contributed by atoms with E-state index < -0.39 is 0 Å². The normalized spacial score (nSPS) is 14.2. The molecule has 1 aliphatic carbocycles. The summed E-state index contributed by atoms with van der Waals surface area (Å²) in [6.45, 7) is 1.91. The van der Waals surface area contributed by atoms with E-state index in [-0.39, 0.29) is 5.91 Å². The van der Waals surface area contributed by atoms with Gasteiger partial charge in [-0.2, -0.15) is 0 Å². The third-order valence-electron chi connectivity index (χ3n) is 3.34. The number of nitrogens with one attached hydrogen (secondary N) is 1. The Morgan fingerprint density at radius 2 is 2.10 bits per heavy atom. The average molecular weight is 287 g/mol. The molecule has 2 aromatic rings. The Morgan fingerprint density at radius 1 is 1.35 bits per heavy atom. The Bertz CT molecular complexity index is 605. The van der Waals surface area contributed by atoms with Crippen LogP contribution in [0.3, 0.4) is 0 Å². The summed E-state index contributed by atoms with van der Waals surface area (Å²) >= 11 is 1.52. The molecule has 1 amide bonds. The summed E-state index contributed by atoms with van der Waals surface area (Å²) < 4.78 is 0. The van der Waals surface area contributed by atoms with Gasteiger partial charge in [-0.1, -0.05) is 0 Å². The van der Waals surface area contributed by atoms with Gasteiger partial charge >= 0.3 is 0 Å². The summed E-state index contributed by atoms with van der Waals surface area (Å²) in [4.78, 5) is 21.3. The molecule has 5 heteroatoms. The molecule has 1 N–H and O–H groups in total. The first-order valence-electron chi connectivity index (χ1n) is 6.88. The number of amides is 1. The number of carbonyl (C=O) groups excluding carboxylic acids is 1. The van der Waals surface area contributed by atoms with Crippen LogP contribution >= 0.6 is 11.3 Å². The third kappa shape index (κ3) is 3.22. The highest BCUT2D eigenvalue weighted by atomic mass is 32.1. The average Bonchev–Trinajstić information content (AvgIpc) is 3.18. The molecule has 0 radical (unpaired) electrons. The van der Waals surface area contributed by atoms with Gasteiger partial charge in [-0.25, -0.2) is 4.98 Å². The number of hydrogen-bond acceptors (Lipinski definition) is 4. The zero-order chi connectivity index (χ0) is 13.9. The molecule has 0 unspecified atom stereocenters. The van der Waals surface area contributed by atoms with Crippen molar-refractivity contribution in [3.8, 4) is 0 Å². The number of pyridine rings is 1. The van der Waals surface area contributed by atoms with E-state index in [2.05, 4.69) is 15.3 Å². The van der Waals surface area contributed by atoms with E-state index in [4.69, 9.17) is 0 Å². The fourth-order valence-electron chi connectivity index (χ4n) is 2.05. The van der Waals surface area contributed by atoms with E-state index >= 15 is 0 Å². The molecule has 0 atom stereocenters. The Hall–Kier alpha value is -1.75. The minimum Gasteiger partial charge on any atom is -0.349 e. The molecular formula is C15H17N3OS. The number of hydrogen-bond donors (Lipinski definition) is 1. The summed E-state index contributed by atoms with van der Waals surface area (Å²) in [6, 6.07) is 4.42. The van der Waals surface area contributed by atoms with E-state index in [1.54, 1.807) is 12.4 Å². The molecule has 4 nitrogen and oxygen atoms in total. The van der Waals surface area contributed by atoms with Gasteiger partial charge in [0.1, 0.15) is 4.88 Å². The lowest BCUT2D eigenvalue weighted by Gasteiger charge is -2.00. The molecule has 2 heterocycles. The number of rotatable bonds is 5. The van der Waals surface area contributed by atoms with Crippen LogP contribution in [0.4, 0.5) is 0 Å². The Kier molecular flexibility index (Phi) is 3.78. The molecule has 0 aromatic carbocycles. The number of thiazole rings is 1. The predicted molar refractivity (Wildman–Crippen MR) is 79.0 cm³/mol. The van der Waals surface area contributed by atoms with Gasteiger partial charge in [0.25, 0.3) is 5.91 Å². The highest BCUT2D eigenvalue weighted by Crippen LogP contribution is 2.23. The van der Waals surface area contributed by atoms with Crippen molar-refractivity contribution < 1.29 is 4.79 Å². The van der Waals surface area contributed by atoms with E-state index in [0.29, 0.717) is 6.04 Å². The quantitative estimate of drug-likeness (QED) is 0.919. The fourth-order valence-corrected chi connectivity index (χ4v) is 3.02. The number of aromatic nitrogens is 2. The van der Waals surface area contributed by atoms with Gasteiger partial charge < -0.3 is 5.32 Å². The highest BCUT2D eigenvalue weighted by molar-refractivity contribution is 7.13. The maximum absolute atomic E-state index is 12.1. The van der Waals surface area contributed by atoms with Crippen LogP contribution in [0.15, 0.2) is 24.5 Å². The van der Waals surface area contributed by atoms with Crippen molar-refractivity contribution in [2.75, 3.05) is 0 Å². The lowest BCUT2D eigenvalue weighted by Crippen LogP contribution is -2.25. The molecule has 3 rings (SSSR count). The summed E-state index contributed by atoms with van der Waals surface area (Å²) in [7, 11) is 0. The van der Waals surface area contributed by atoms with Crippen molar-refractivity contribution in [2.45, 2.75) is 38.6 Å². The van der Waals surface area contributed by atoms with Gasteiger partial charge in [-0.05, 0) is 43.9 Å². The molecule has 1 saturated carbocycles. The summed E-state index contributed by atoms with van der Waals surface area (Å²) in [5.41, 5.74) is 2.09. The molecule has 0 spiro atoms. The van der Waals surface area contributed by atoms with Gasteiger partial charge in [0.05, 0.1) is 10.7 Å². The van der Waals surface area contributed by atoms with Crippen LogP contribution in [0.1, 0.15) is 38.8 Å². The van der Waals surface area contributed by atoms with E-state index in [9.17, 15) is 4.79 Å². The van der Waals surface area contributed by atoms with E-state index in [0.717, 1.165) is 41.3 Å². The summed E-state index contributed by atoms with van der Waals surface area (Å²) in [6.07, 6.45) is 7.62. The third-order valence-corrected chi connectivity index (χ3v) is 4.55. The van der Waals surface area contributed by atoms with Crippen molar-refractivity contribution in [2.24, 2.45) is 0 Å². The second-order valence-corrected chi connectivity index (χ2v) is 6.21. The van der Waals surface area contributed by atoms with Crippen LogP contribution in [0, 0.1) is 6.92 Å². The smallest absolute Gasteiger partial charge is 0.263 e. The zero-order valence-corrected chi connectivity index (χ0v) is 12.2. The fraction of sp³-hybridized carbons (Fsp3) is 0.400. The SMILES string of the molecule is Cc1nc(CCc2ccncc2)sc1C(=O)NC1CC1. The lowest BCUT2D eigenvalue weighted by molar-refractivity contribution is 0.0954. The van der Waals surface area contributed by atoms with Crippen LogP contribution < -0.4 is 5.32 Å². The van der Waals surface area contributed by atoms with Gasteiger partial charge in [-0.3, -0.25) is 9.78 Å². The first kappa shape index (κ1) is 13.2. The predicted octanol–water partition coefficient (Wildman–Crippen LogP) is 2.52. The van der Waals surface area contributed by atoms with Gasteiger partial charge in [-0.15, -0.1) is 11.3 Å². The number of nitrogens with zero attached hydrogens (tertiary/aromatic N) is 2. The Labute approximate surface area is 122 Å². The molecule has 104 valence electrons. The molecule has 2 aromatic heterocycles. The van der Waals surface area contributed by atoms with Gasteiger partial charge in [0.15, 0.2) is 0 Å². The zero-order valence-electron chi connectivity index (χ0n) is 11.4. The first-order chi connectivity index (χ1) is 9.72. The second-order valence-electron chi connectivity index (χ2n) is 5.13. The van der Waals surface area contributed by atoms with Gasteiger partial charge in [0, 0.05) is 24.9 Å². The van der Waals surface area contributed by atoms with E-state index in [1.807, 2.05) is 19.1 Å². The van der Waals surface area contributed by atoms with Crippen molar-refractivity contribution in [3.05, 3.63) is 45.7 Å². The Balaban J connectivity index is 1.64. The molecular weight excluding hydrogens is 270 g/mol. The molecule has 20 heavy (non-hydrogen) atoms. The van der Waals surface area contributed by atoms with Crippen LogP contribution in [0.25, 0.3) is 0 Å². The van der Waals surface area contributed by atoms with Crippen molar-refractivity contribution in [1.29, 1.82) is 0 Å². The lowest BCUT2D eigenvalue weighted by atomic mass is 10.1. The van der Waals surface area contributed by atoms with E-state index in [1.165, 1.54) is 16.9 Å². The monoisotopic (exact) mass is 287 g/mol. The van der Waals surface area contributed by atoms with Crippen LogP contribution in [-0.2, 0) is 12.8 Å². The molecule has 0 bridgehead atoms. The van der Waals surface area contributed by atoms with Crippen molar-refractivity contribution in [3.63, 3.8) is 0 Å². The van der Waals surface area contributed by atoms with Gasteiger partial charge in [0.2, 0.25) is 0 Å². The highest BCUT2D eigenvalue weighted by Gasteiger charge is 2.25. The van der Waals surface area contributed by atoms with Crippen molar-refractivity contribution >= 4 is 17.2 Å².